The summed E-state index contributed by atoms with van der Waals surface area (Å²) in [5.41, 5.74) is 2.46. The molecule has 0 bridgehead atoms. The molecule has 0 unspecified atom stereocenters. The summed E-state index contributed by atoms with van der Waals surface area (Å²) < 4.78 is 27.8. The van der Waals surface area contributed by atoms with Gasteiger partial charge in [-0.05, 0) is 55.8 Å². The number of benzene rings is 2. The molecule has 0 aliphatic carbocycles. The molecule has 3 aromatic rings. The molecule has 2 aromatic carbocycles. The van der Waals surface area contributed by atoms with E-state index in [-0.39, 0.29) is 4.90 Å². The van der Waals surface area contributed by atoms with Gasteiger partial charge in [-0.1, -0.05) is 23.7 Å². The molecule has 27 heavy (non-hydrogen) atoms. The van der Waals surface area contributed by atoms with Gasteiger partial charge in [0.15, 0.2) is 0 Å². The number of nitrogens with zero attached hydrogens (tertiary/aromatic N) is 2. The topological polar surface area (TPSA) is 54.3 Å². The summed E-state index contributed by atoms with van der Waals surface area (Å²) >= 11 is 6.46. The molecule has 1 N–H and O–H groups in total. The van der Waals surface area contributed by atoms with Crippen molar-refractivity contribution in [1.29, 1.82) is 0 Å². The van der Waals surface area contributed by atoms with Crippen molar-refractivity contribution in [2.45, 2.75) is 18.2 Å². The van der Waals surface area contributed by atoms with Crippen LogP contribution in [0.5, 0.6) is 0 Å². The van der Waals surface area contributed by atoms with Crippen LogP contribution < -0.4 is 10.2 Å². The van der Waals surface area contributed by atoms with Crippen LogP contribution in [-0.4, -0.2) is 38.6 Å². The molecule has 1 fully saturated rings. The van der Waals surface area contributed by atoms with Crippen molar-refractivity contribution in [2.75, 3.05) is 31.1 Å². The van der Waals surface area contributed by atoms with Gasteiger partial charge in [0.1, 0.15) is 0 Å². The van der Waals surface area contributed by atoms with E-state index >= 15 is 0 Å². The van der Waals surface area contributed by atoms with Crippen LogP contribution >= 0.6 is 11.6 Å². The zero-order valence-electron chi connectivity index (χ0n) is 15.2. The van der Waals surface area contributed by atoms with E-state index < -0.39 is 10.0 Å². The molecule has 1 saturated heterocycles. The van der Waals surface area contributed by atoms with E-state index in [0.717, 1.165) is 49.2 Å². The molecule has 1 aliphatic rings. The smallest absolute Gasteiger partial charge is 0.268 e. The van der Waals surface area contributed by atoms with Crippen molar-refractivity contribution < 1.29 is 8.42 Å². The monoisotopic (exact) mass is 403 g/mol. The van der Waals surface area contributed by atoms with Crippen molar-refractivity contribution in [3.8, 4) is 0 Å². The average molecular weight is 404 g/mol. The molecule has 0 saturated carbocycles. The lowest BCUT2D eigenvalue weighted by Crippen LogP contribution is -2.27. The molecule has 142 valence electrons. The van der Waals surface area contributed by atoms with Gasteiger partial charge in [-0.3, -0.25) is 0 Å². The van der Waals surface area contributed by atoms with E-state index in [0.29, 0.717) is 10.5 Å². The first kappa shape index (κ1) is 18.3. The van der Waals surface area contributed by atoms with Gasteiger partial charge in [-0.25, -0.2) is 12.4 Å². The highest BCUT2D eigenvalue weighted by Crippen LogP contribution is 2.35. The first-order valence-corrected chi connectivity index (χ1v) is 10.9. The van der Waals surface area contributed by atoms with E-state index in [4.69, 9.17) is 11.6 Å². The van der Waals surface area contributed by atoms with E-state index in [1.165, 1.54) is 3.97 Å². The number of rotatable bonds is 3. The summed E-state index contributed by atoms with van der Waals surface area (Å²) in [6.45, 7) is 5.60. The Bertz CT molecular complexity index is 1080. The van der Waals surface area contributed by atoms with Gasteiger partial charge in [0, 0.05) is 36.9 Å². The second kappa shape index (κ2) is 7.19. The molecular weight excluding hydrogens is 382 g/mol. The number of nitrogens with one attached hydrogen (secondary N) is 1. The first-order chi connectivity index (χ1) is 13.0. The van der Waals surface area contributed by atoms with E-state index in [2.05, 4.69) is 10.2 Å². The maximum absolute atomic E-state index is 13.2. The largest absolute Gasteiger partial charge is 0.370 e. The fourth-order valence-corrected chi connectivity index (χ4v) is 5.40. The van der Waals surface area contributed by atoms with Gasteiger partial charge in [0.2, 0.25) is 0 Å². The van der Waals surface area contributed by atoms with Crippen LogP contribution in [0.1, 0.15) is 12.0 Å². The Morgan fingerprint density at radius 3 is 2.74 bits per heavy atom. The fourth-order valence-electron chi connectivity index (χ4n) is 3.63. The van der Waals surface area contributed by atoms with Crippen LogP contribution in [0.4, 0.5) is 5.69 Å². The highest BCUT2D eigenvalue weighted by atomic mass is 35.5. The Kier molecular flexibility index (Phi) is 4.88. The Balaban J connectivity index is 1.87. The predicted molar refractivity (Wildman–Crippen MR) is 110 cm³/mol. The lowest BCUT2D eigenvalue weighted by atomic mass is 10.2. The minimum absolute atomic E-state index is 0.264. The van der Waals surface area contributed by atoms with Crippen molar-refractivity contribution in [1.82, 2.24) is 9.29 Å². The van der Waals surface area contributed by atoms with Gasteiger partial charge in [-0.15, -0.1) is 0 Å². The van der Waals surface area contributed by atoms with Gasteiger partial charge >= 0.3 is 0 Å². The van der Waals surface area contributed by atoms with Crippen molar-refractivity contribution in [2.24, 2.45) is 0 Å². The second-order valence-corrected chi connectivity index (χ2v) is 9.07. The highest BCUT2D eigenvalue weighted by Gasteiger charge is 2.23. The molecule has 2 heterocycles. The highest BCUT2D eigenvalue weighted by molar-refractivity contribution is 7.90. The maximum atomic E-state index is 13.2. The molecule has 0 atom stereocenters. The van der Waals surface area contributed by atoms with E-state index in [9.17, 15) is 8.42 Å². The average Bonchev–Trinajstić information content (AvgIpc) is 2.93. The zero-order valence-corrected chi connectivity index (χ0v) is 16.7. The Hall–Kier alpha value is -2.02. The fraction of sp³-hybridized carbons (Fsp3) is 0.300. The minimum atomic E-state index is -3.72. The van der Waals surface area contributed by atoms with Crippen LogP contribution in [0.25, 0.3) is 10.9 Å². The van der Waals surface area contributed by atoms with E-state index in [1.807, 2.05) is 25.1 Å². The predicted octanol–water partition coefficient (Wildman–Crippen LogP) is 3.64. The summed E-state index contributed by atoms with van der Waals surface area (Å²) in [4.78, 5) is 2.56. The third kappa shape index (κ3) is 3.33. The van der Waals surface area contributed by atoms with Gasteiger partial charge in [0.05, 0.1) is 15.4 Å². The summed E-state index contributed by atoms with van der Waals surface area (Å²) in [5.74, 6) is 0. The van der Waals surface area contributed by atoms with Crippen LogP contribution in [0, 0.1) is 6.92 Å². The van der Waals surface area contributed by atoms with Gasteiger partial charge in [-0.2, -0.15) is 0 Å². The Morgan fingerprint density at radius 2 is 1.93 bits per heavy atom. The van der Waals surface area contributed by atoms with Crippen LogP contribution in [-0.2, 0) is 10.0 Å². The molecular formula is C20H22ClN3O2S. The Morgan fingerprint density at radius 1 is 1.07 bits per heavy atom. The number of hydrogen-bond donors (Lipinski definition) is 1. The number of fused-ring (bicyclic) bond motifs is 1. The molecule has 1 aromatic heterocycles. The van der Waals surface area contributed by atoms with Crippen LogP contribution in [0.15, 0.2) is 53.6 Å². The third-order valence-electron chi connectivity index (χ3n) is 4.97. The molecule has 7 heteroatoms. The molecule has 0 amide bonds. The normalized spacial score (nSPS) is 15.9. The number of aryl methyl sites for hydroxylation is 1. The number of anilines is 1. The molecule has 5 nitrogen and oxygen atoms in total. The molecule has 0 radical (unpaired) electrons. The molecule has 0 spiro atoms. The maximum Gasteiger partial charge on any atom is 0.268 e. The third-order valence-corrected chi connectivity index (χ3v) is 6.95. The molecule has 4 rings (SSSR count). The zero-order chi connectivity index (χ0) is 19.0. The summed E-state index contributed by atoms with van der Waals surface area (Å²) in [6.07, 6.45) is 2.65. The summed E-state index contributed by atoms with van der Waals surface area (Å²) in [6, 6.07) is 12.6. The number of hydrogen-bond acceptors (Lipinski definition) is 4. The SMILES string of the molecule is Cc1cccc(S(=O)(=O)n2ccc3c(N4CCCNCC4)ccc(Cl)c32)c1. The number of halogens is 1. The van der Waals surface area contributed by atoms with Crippen LogP contribution in [0.3, 0.4) is 0 Å². The lowest BCUT2D eigenvalue weighted by Gasteiger charge is -2.23. The van der Waals surface area contributed by atoms with Crippen molar-refractivity contribution >= 4 is 38.2 Å². The minimum Gasteiger partial charge on any atom is -0.370 e. The second-order valence-electron chi connectivity index (χ2n) is 6.85. The number of aromatic nitrogens is 1. The quantitative estimate of drug-likeness (QED) is 0.725. The summed E-state index contributed by atoms with van der Waals surface area (Å²) in [7, 11) is -3.72. The van der Waals surface area contributed by atoms with Gasteiger partial charge in [0.25, 0.3) is 10.0 Å². The van der Waals surface area contributed by atoms with Crippen molar-refractivity contribution in [3.63, 3.8) is 0 Å². The Labute approximate surface area is 164 Å². The van der Waals surface area contributed by atoms with Crippen LogP contribution in [0.2, 0.25) is 5.02 Å². The first-order valence-electron chi connectivity index (χ1n) is 9.06. The summed E-state index contributed by atoms with van der Waals surface area (Å²) in [5, 5.41) is 4.69. The van der Waals surface area contributed by atoms with E-state index in [1.54, 1.807) is 30.5 Å². The van der Waals surface area contributed by atoms with Gasteiger partial charge < -0.3 is 10.2 Å². The lowest BCUT2D eigenvalue weighted by molar-refractivity contribution is 0.589. The molecule has 1 aliphatic heterocycles. The van der Waals surface area contributed by atoms with Crippen molar-refractivity contribution in [3.05, 3.63) is 59.2 Å². The standard InChI is InChI=1S/C20H22ClN3O2S/c1-15-4-2-5-16(14-15)27(25,26)24-12-8-17-19(7-6-18(21)20(17)24)23-11-3-9-22-10-13-23/h2,4-8,12,14,22H,3,9-11,13H2,1H3.